The molecule has 3 aromatic carbocycles. The number of nitrogens with zero attached hydrogens (tertiary/aromatic N) is 6. The van der Waals surface area contributed by atoms with E-state index in [-0.39, 0.29) is 30.4 Å². The normalized spacial score (nSPS) is 18.7. The van der Waals surface area contributed by atoms with Crippen LogP contribution >= 0.6 is 11.8 Å². The number of aliphatic hydroxyl groups excluding tert-OH is 1. The summed E-state index contributed by atoms with van der Waals surface area (Å²) >= 11 is 1.53. The molecule has 0 spiro atoms. The van der Waals surface area contributed by atoms with Crippen molar-refractivity contribution < 1.29 is 19.4 Å². The van der Waals surface area contributed by atoms with Gasteiger partial charge in [-0.25, -0.2) is 9.67 Å². The van der Waals surface area contributed by atoms with Gasteiger partial charge in [0.25, 0.3) is 5.91 Å². The fraction of sp³-hybridized carbons (Fsp3) is 0.267. The van der Waals surface area contributed by atoms with Crippen molar-refractivity contribution >= 4 is 28.7 Å². The summed E-state index contributed by atoms with van der Waals surface area (Å²) in [6.45, 7) is 0.329. The number of hydrogen-bond donors (Lipinski definition) is 2. The molecule has 2 aromatic heterocycles. The summed E-state index contributed by atoms with van der Waals surface area (Å²) in [6.07, 6.45) is 1.26. The van der Waals surface area contributed by atoms with Crippen molar-refractivity contribution in [1.82, 2.24) is 35.5 Å². The predicted molar refractivity (Wildman–Crippen MR) is 155 cm³/mol. The van der Waals surface area contributed by atoms with Crippen molar-refractivity contribution in [3.8, 4) is 0 Å². The minimum absolute atomic E-state index is 0.00893. The first-order valence-corrected chi connectivity index (χ1v) is 14.5. The van der Waals surface area contributed by atoms with E-state index in [1.54, 1.807) is 11.7 Å². The highest BCUT2D eigenvalue weighted by Gasteiger charge is 2.32. The maximum absolute atomic E-state index is 12.7. The Labute approximate surface area is 246 Å². The molecule has 3 atom stereocenters. The molecule has 5 aromatic rings. The largest absolute Gasteiger partial charge is 0.392 e. The average molecular weight is 584 g/mol. The SMILES string of the molecule is Cn1nnnc1SC[C@H]1C[C@@H](c2ccc(CO)cc2)O[C@@H](c2ccc(CNC(=O)c3cnc4ccccc4n3)cc2)O1. The van der Waals surface area contributed by atoms with E-state index in [4.69, 9.17) is 9.47 Å². The molecule has 2 N–H and O–H groups in total. The minimum Gasteiger partial charge on any atom is -0.392 e. The maximum Gasteiger partial charge on any atom is 0.271 e. The van der Waals surface area contributed by atoms with Crippen molar-refractivity contribution in [1.29, 1.82) is 0 Å². The van der Waals surface area contributed by atoms with Gasteiger partial charge in [0.2, 0.25) is 5.16 Å². The Morgan fingerprint density at radius 3 is 2.48 bits per heavy atom. The summed E-state index contributed by atoms with van der Waals surface area (Å²) in [5, 5.41) is 24.7. The molecule has 0 radical (unpaired) electrons. The maximum atomic E-state index is 12.7. The van der Waals surface area contributed by atoms with Gasteiger partial charge in [0.15, 0.2) is 6.29 Å². The number of benzene rings is 3. The molecule has 6 rings (SSSR count). The number of ether oxygens (including phenoxy) is 2. The van der Waals surface area contributed by atoms with Crippen molar-refractivity contribution in [2.24, 2.45) is 7.05 Å². The van der Waals surface area contributed by atoms with Crippen LogP contribution in [0.25, 0.3) is 11.0 Å². The zero-order chi connectivity index (χ0) is 28.9. The number of tetrazole rings is 1. The quantitative estimate of drug-likeness (QED) is 0.246. The number of hydrogen-bond acceptors (Lipinski definition) is 10. The Morgan fingerprint density at radius 1 is 1.00 bits per heavy atom. The van der Waals surface area contributed by atoms with Crippen LogP contribution in [0.15, 0.2) is 84.1 Å². The number of aryl methyl sites for hydroxylation is 1. The van der Waals surface area contributed by atoms with Crippen LogP contribution in [0, 0.1) is 0 Å². The van der Waals surface area contributed by atoms with Gasteiger partial charge < -0.3 is 19.9 Å². The molecule has 12 heteroatoms. The zero-order valence-electron chi connectivity index (χ0n) is 22.8. The summed E-state index contributed by atoms with van der Waals surface area (Å²) in [7, 11) is 1.81. The second-order valence-electron chi connectivity index (χ2n) is 9.91. The molecule has 3 heterocycles. The predicted octanol–water partition coefficient (Wildman–Crippen LogP) is 3.91. The van der Waals surface area contributed by atoms with Gasteiger partial charge in [0, 0.05) is 31.3 Å². The zero-order valence-corrected chi connectivity index (χ0v) is 23.6. The number of nitrogens with one attached hydrogen (secondary N) is 1. The van der Waals surface area contributed by atoms with Crippen molar-refractivity contribution in [3.63, 3.8) is 0 Å². The van der Waals surface area contributed by atoms with E-state index < -0.39 is 6.29 Å². The van der Waals surface area contributed by atoms with Crippen LogP contribution in [0.3, 0.4) is 0 Å². The van der Waals surface area contributed by atoms with E-state index in [1.807, 2.05) is 72.8 Å². The van der Waals surface area contributed by atoms with Crippen LogP contribution in [0.5, 0.6) is 0 Å². The third-order valence-corrected chi connectivity index (χ3v) is 8.12. The fourth-order valence-corrected chi connectivity index (χ4v) is 5.53. The smallest absolute Gasteiger partial charge is 0.271 e. The molecule has 1 aliphatic heterocycles. The van der Waals surface area contributed by atoms with Crippen molar-refractivity contribution in [3.05, 3.63) is 107 Å². The van der Waals surface area contributed by atoms with Gasteiger partial charge in [-0.05, 0) is 39.2 Å². The number of carbonyl (C=O) groups is 1. The fourth-order valence-electron chi connectivity index (χ4n) is 4.67. The number of para-hydroxylation sites is 2. The van der Waals surface area contributed by atoms with Crippen LogP contribution in [-0.4, -0.2) is 53.0 Å². The van der Waals surface area contributed by atoms with Crippen LogP contribution in [0.2, 0.25) is 0 Å². The Balaban J connectivity index is 1.13. The average Bonchev–Trinajstić information content (AvgIpc) is 3.46. The topological polar surface area (TPSA) is 137 Å². The van der Waals surface area contributed by atoms with E-state index in [2.05, 4.69) is 30.8 Å². The van der Waals surface area contributed by atoms with Gasteiger partial charge in [0.1, 0.15) is 5.69 Å². The Hall–Kier alpha value is -4.23. The van der Waals surface area contributed by atoms with Crippen molar-refractivity contribution in [2.75, 3.05) is 5.75 Å². The van der Waals surface area contributed by atoms with Crippen LogP contribution < -0.4 is 5.32 Å². The number of carbonyl (C=O) groups excluding carboxylic acids is 1. The van der Waals surface area contributed by atoms with Gasteiger partial charge in [0.05, 0.1) is 36.0 Å². The molecular formula is C30H29N7O4S. The summed E-state index contributed by atoms with van der Waals surface area (Å²) in [6, 6.07) is 23.0. The molecule has 42 heavy (non-hydrogen) atoms. The lowest BCUT2D eigenvalue weighted by molar-refractivity contribution is -0.245. The molecule has 214 valence electrons. The minimum atomic E-state index is -0.582. The van der Waals surface area contributed by atoms with Crippen LogP contribution in [0.4, 0.5) is 0 Å². The lowest BCUT2D eigenvalue weighted by atomic mass is 10.0. The number of amides is 1. The van der Waals surface area contributed by atoms with Gasteiger partial charge in [-0.15, -0.1) is 5.10 Å². The lowest BCUT2D eigenvalue weighted by Gasteiger charge is -2.36. The van der Waals surface area contributed by atoms with Gasteiger partial charge in [-0.1, -0.05) is 72.4 Å². The molecule has 1 saturated heterocycles. The molecule has 1 amide bonds. The number of thioether (sulfide) groups is 1. The number of aromatic nitrogens is 6. The standard InChI is InChI=1S/C30H29N7O4S/c1-37-30(34-35-36-37)42-18-23-14-27(21-10-8-20(17-38)9-11-21)41-29(40-23)22-12-6-19(7-13-22)15-32-28(39)26-16-31-24-4-2-3-5-25(24)33-26/h2-13,16,23,27,29,38H,14-15,17-18H2,1H3,(H,32,39)/t23-,27+,29+/m1/s1. The van der Waals surface area contributed by atoms with Crippen molar-refractivity contribution in [2.45, 2.75) is 43.2 Å². The molecule has 1 fully saturated rings. The highest BCUT2D eigenvalue weighted by atomic mass is 32.2. The Kier molecular flexibility index (Phi) is 8.47. The first kappa shape index (κ1) is 27.9. The van der Waals surface area contributed by atoms with E-state index in [0.29, 0.717) is 29.4 Å². The van der Waals surface area contributed by atoms with E-state index >= 15 is 0 Å². The molecule has 0 saturated carbocycles. The first-order valence-electron chi connectivity index (χ1n) is 13.5. The molecular weight excluding hydrogens is 554 g/mol. The van der Waals surface area contributed by atoms with E-state index in [0.717, 1.165) is 27.8 Å². The van der Waals surface area contributed by atoms with E-state index in [1.165, 1.54) is 18.0 Å². The highest BCUT2D eigenvalue weighted by molar-refractivity contribution is 7.99. The van der Waals surface area contributed by atoms with Gasteiger partial charge in [-0.2, -0.15) is 0 Å². The third-order valence-electron chi connectivity index (χ3n) is 6.98. The number of rotatable bonds is 9. The Morgan fingerprint density at radius 2 is 1.74 bits per heavy atom. The monoisotopic (exact) mass is 583 g/mol. The first-order chi connectivity index (χ1) is 20.6. The summed E-state index contributed by atoms with van der Waals surface area (Å²) in [5.74, 6) is 0.367. The molecule has 0 unspecified atom stereocenters. The van der Waals surface area contributed by atoms with E-state index in [9.17, 15) is 9.90 Å². The summed E-state index contributed by atoms with van der Waals surface area (Å²) < 4.78 is 14.5. The highest BCUT2D eigenvalue weighted by Crippen LogP contribution is 2.39. The Bertz CT molecular complexity index is 1660. The van der Waals surface area contributed by atoms with Crippen LogP contribution in [0.1, 0.15) is 51.6 Å². The summed E-state index contributed by atoms with van der Waals surface area (Å²) in [4.78, 5) is 21.4. The van der Waals surface area contributed by atoms with Gasteiger partial charge in [-0.3, -0.25) is 9.78 Å². The second-order valence-corrected chi connectivity index (χ2v) is 10.9. The number of fused-ring (bicyclic) bond motifs is 1. The number of aliphatic hydroxyl groups is 1. The molecule has 1 aliphatic rings. The second kappa shape index (κ2) is 12.7. The molecule has 0 aliphatic carbocycles. The van der Waals surface area contributed by atoms with Gasteiger partial charge >= 0.3 is 0 Å². The third kappa shape index (κ3) is 6.47. The molecule has 0 bridgehead atoms. The lowest BCUT2D eigenvalue weighted by Crippen LogP contribution is -2.31. The van der Waals surface area contributed by atoms with Crippen LogP contribution in [-0.2, 0) is 29.7 Å². The molecule has 11 nitrogen and oxygen atoms in total. The summed E-state index contributed by atoms with van der Waals surface area (Å²) in [5.41, 5.74) is 5.36.